The first-order valence-corrected chi connectivity index (χ1v) is 7.03. The van der Waals surface area contributed by atoms with E-state index in [-0.39, 0.29) is 11.1 Å². The van der Waals surface area contributed by atoms with Gasteiger partial charge < -0.3 is 9.42 Å². The highest BCUT2D eigenvalue weighted by molar-refractivity contribution is 8.15. The molecule has 6 heteroatoms. The maximum Gasteiger partial charge on any atom is 0.270 e. The molecule has 0 spiro atoms. The van der Waals surface area contributed by atoms with Crippen LogP contribution in [0.1, 0.15) is 6.42 Å². The smallest absolute Gasteiger partial charge is 0.270 e. The highest BCUT2D eigenvalue weighted by Crippen LogP contribution is 2.33. The van der Waals surface area contributed by atoms with Crippen molar-refractivity contribution in [1.82, 2.24) is 10.1 Å². The van der Waals surface area contributed by atoms with E-state index in [0.29, 0.717) is 5.95 Å². The number of nitrogens with zero attached hydrogens (tertiary/aromatic N) is 3. The molecule has 0 amide bonds. The molecule has 5 nitrogen and oxygen atoms in total. The van der Waals surface area contributed by atoms with Crippen LogP contribution in [0.4, 0.5) is 5.95 Å². The molecule has 1 unspecified atom stereocenters. The molecule has 2 aliphatic rings. The number of aromatic nitrogens is 2. The number of hydrogen-bond donors (Lipinski definition) is 2. The molecule has 3 heterocycles. The van der Waals surface area contributed by atoms with Crippen LogP contribution in [0.5, 0.6) is 0 Å². The minimum Gasteiger partial charge on any atom is -0.341 e. The molecule has 0 radical (unpaired) electrons. The Morgan fingerprint density at radius 2 is 2.44 bits per heavy atom. The van der Waals surface area contributed by atoms with Gasteiger partial charge in [0.15, 0.2) is 0 Å². The molecule has 16 heavy (non-hydrogen) atoms. The highest BCUT2D eigenvalue weighted by atomic mass is 32.2. The molecule has 1 atom stereocenters. The lowest BCUT2D eigenvalue weighted by Gasteiger charge is -2.31. The monoisotopic (exact) mass is 238 g/mol. The molecule has 2 aliphatic heterocycles. The van der Waals surface area contributed by atoms with Gasteiger partial charge in [-0.1, -0.05) is 0 Å². The van der Waals surface area contributed by atoms with Gasteiger partial charge in [0.05, 0.1) is 0 Å². The van der Waals surface area contributed by atoms with Crippen molar-refractivity contribution in [2.24, 2.45) is 5.14 Å². The quantitative estimate of drug-likeness (QED) is 0.714. The third-order valence-electron chi connectivity index (χ3n) is 2.95. The predicted octanol–water partition coefficient (Wildman–Crippen LogP) is 0.978. The topological polar surface area (TPSA) is 68.2 Å². The molecule has 2 N–H and O–H groups in total. The standard InChI is InChI=1S/C10H14N4OS/c11-16-4-2-8-5-14(3-1-9(8)6-16)10-12-7-15-13-10/h1,3,7,16H,2,4-6,11H2. The van der Waals surface area contributed by atoms with E-state index < -0.39 is 0 Å². The van der Waals surface area contributed by atoms with Crippen LogP contribution in [0.15, 0.2) is 34.3 Å². The number of anilines is 1. The van der Waals surface area contributed by atoms with Gasteiger partial charge in [-0.15, -0.1) is 0 Å². The van der Waals surface area contributed by atoms with Crippen LogP contribution in [0.25, 0.3) is 0 Å². The zero-order valence-corrected chi connectivity index (χ0v) is 9.73. The van der Waals surface area contributed by atoms with Gasteiger partial charge >= 0.3 is 0 Å². The Labute approximate surface area is 96.5 Å². The summed E-state index contributed by atoms with van der Waals surface area (Å²) in [5.74, 6) is 2.83. The molecule has 3 rings (SSSR count). The van der Waals surface area contributed by atoms with Crippen LogP contribution in [-0.2, 0) is 0 Å². The van der Waals surface area contributed by atoms with Crippen LogP contribution < -0.4 is 10.0 Å². The average molecular weight is 238 g/mol. The third kappa shape index (κ3) is 1.74. The van der Waals surface area contributed by atoms with Crippen LogP contribution >= 0.6 is 11.1 Å². The minimum absolute atomic E-state index is 0.272. The Morgan fingerprint density at radius 3 is 3.25 bits per heavy atom. The second kappa shape index (κ2) is 3.95. The van der Waals surface area contributed by atoms with Crippen LogP contribution in [0.3, 0.4) is 0 Å². The lowest BCUT2D eigenvalue weighted by molar-refractivity contribution is 0.417. The number of allylic oxidation sites excluding steroid dienone is 1. The fraction of sp³-hybridized carbons (Fsp3) is 0.400. The van der Waals surface area contributed by atoms with E-state index in [0.717, 1.165) is 24.5 Å². The Morgan fingerprint density at radius 1 is 1.50 bits per heavy atom. The van der Waals surface area contributed by atoms with Gasteiger partial charge in [0.2, 0.25) is 6.39 Å². The second-order valence-corrected chi connectivity index (χ2v) is 5.97. The second-order valence-electron chi connectivity index (χ2n) is 4.02. The highest BCUT2D eigenvalue weighted by Gasteiger charge is 2.21. The molecule has 1 aromatic rings. The van der Waals surface area contributed by atoms with Gasteiger partial charge in [0, 0.05) is 18.5 Å². The molecule has 0 saturated carbocycles. The van der Waals surface area contributed by atoms with E-state index in [1.807, 2.05) is 11.1 Å². The molecule has 86 valence electrons. The SMILES string of the molecule is N[SH]1CCC2=C(C=CN(c3ncon3)C2)C1. The van der Waals surface area contributed by atoms with Crippen LogP contribution in [0, 0.1) is 0 Å². The van der Waals surface area contributed by atoms with Crippen molar-refractivity contribution in [1.29, 1.82) is 0 Å². The molecule has 1 aromatic heterocycles. The third-order valence-corrected chi connectivity index (χ3v) is 4.50. The van der Waals surface area contributed by atoms with E-state index in [1.54, 1.807) is 0 Å². The van der Waals surface area contributed by atoms with Gasteiger partial charge in [0.25, 0.3) is 5.95 Å². The maximum absolute atomic E-state index is 6.01. The molecule has 0 bridgehead atoms. The predicted molar refractivity (Wildman–Crippen MR) is 65.3 cm³/mol. The van der Waals surface area contributed by atoms with E-state index in [9.17, 15) is 0 Å². The van der Waals surface area contributed by atoms with E-state index in [2.05, 4.69) is 16.2 Å². The fourth-order valence-electron chi connectivity index (χ4n) is 2.07. The van der Waals surface area contributed by atoms with Crippen molar-refractivity contribution in [3.63, 3.8) is 0 Å². The number of thiol groups is 1. The Kier molecular flexibility index (Phi) is 2.45. The van der Waals surface area contributed by atoms with Gasteiger partial charge in [-0.3, -0.25) is 5.14 Å². The number of hydrogen-bond acceptors (Lipinski definition) is 5. The van der Waals surface area contributed by atoms with Crippen molar-refractivity contribution >= 4 is 17.0 Å². The summed E-state index contributed by atoms with van der Waals surface area (Å²) in [6.45, 7) is 0.870. The van der Waals surface area contributed by atoms with Crippen LogP contribution in [-0.4, -0.2) is 28.2 Å². The van der Waals surface area contributed by atoms with Crippen LogP contribution in [0.2, 0.25) is 0 Å². The molecule has 0 aromatic carbocycles. The first-order chi connectivity index (χ1) is 7.83. The Bertz CT molecular complexity index is 440. The summed E-state index contributed by atoms with van der Waals surface area (Å²) in [4.78, 5) is 6.05. The number of rotatable bonds is 1. The summed E-state index contributed by atoms with van der Waals surface area (Å²) in [7, 11) is 0. The van der Waals surface area contributed by atoms with Crippen molar-refractivity contribution in [3.05, 3.63) is 29.8 Å². The van der Waals surface area contributed by atoms with Crippen molar-refractivity contribution in [2.45, 2.75) is 6.42 Å². The minimum atomic E-state index is -0.272. The summed E-state index contributed by atoms with van der Waals surface area (Å²) in [6.07, 6.45) is 6.61. The fourth-order valence-corrected chi connectivity index (χ4v) is 3.55. The van der Waals surface area contributed by atoms with E-state index >= 15 is 0 Å². The lowest BCUT2D eigenvalue weighted by Crippen LogP contribution is -2.28. The summed E-state index contributed by atoms with van der Waals surface area (Å²) in [5.41, 5.74) is 2.89. The van der Waals surface area contributed by atoms with E-state index in [1.165, 1.54) is 17.5 Å². The molecular formula is C10H14N4OS. The first kappa shape index (κ1) is 9.92. The van der Waals surface area contributed by atoms with E-state index in [4.69, 9.17) is 9.66 Å². The maximum atomic E-state index is 6.01. The van der Waals surface area contributed by atoms with Crippen molar-refractivity contribution in [3.8, 4) is 0 Å². The van der Waals surface area contributed by atoms with Gasteiger partial charge in [-0.2, -0.15) is 4.98 Å². The normalized spacial score (nSPS) is 27.1. The van der Waals surface area contributed by atoms with Gasteiger partial charge in [-0.25, -0.2) is 11.1 Å². The molecule has 0 fully saturated rings. The van der Waals surface area contributed by atoms with Crippen molar-refractivity contribution in [2.75, 3.05) is 23.0 Å². The summed E-state index contributed by atoms with van der Waals surface area (Å²) in [6, 6.07) is 0. The first-order valence-electron chi connectivity index (χ1n) is 5.25. The molecule has 0 saturated heterocycles. The van der Waals surface area contributed by atoms with Gasteiger partial charge in [-0.05, 0) is 34.6 Å². The molecule has 0 aliphatic carbocycles. The summed E-state index contributed by atoms with van der Waals surface area (Å²) in [5, 5.41) is 9.85. The van der Waals surface area contributed by atoms with Crippen molar-refractivity contribution < 1.29 is 4.52 Å². The zero-order chi connectivity index (χ0) is 11.0. The Balaban J connectivity index is 1.81. The lowest BCUT2D eigenvalue weighted by atomic mass is 10.0. The zero-order valence-electron chi connectivity index (χ0n) is 8.83. The molecular weight excluding hydrogens is 224 g/mol. The van der Waals surface area contributed by atoms with Gasteiger partial charge in [0.1, 0.15) is 0 Å². The summed E-state index contributed by atoms with van der Waals surface area (Å²) >= 11 is -0.272. The largest absolute Gasteiger partial charge is 0.341 e. The summed E-state index contributed by atoms with van der Waals surface area (Å²) < 4.78 is 4.75. The average Bonchev–Trinajstić information content (AvgIpc) is 2.82. The number of nitrogens with two attached hydrogens (primary N) is 1. The Hall–Kier alpha value is -1.27.